The Morgan fingerprint density at radius 1 is 1.44 bits per heavy atom. The highest BCUT2D eigenvalue weighted by Crippen LogP contribution is 2.12. The van der Waals surface area contributed by atoms with E-state index in [-0.39, 0.29) is 0 Å². The van der Waals surface area contributed by atoms with Gasteiger partial charge in [-0.2, -0.15) is 0 Å². The molecule has 0 aliphatic rings. The van der Waals surface area contributed by atoms with Gasteiger partial charge in [-0.15, -0.1) is 6.42 Å². The summed E-state index contributed by atoms with van der Waals surface area (Å²) in [7, 11) is 0. The zero-order valence-corrected chi connectivity index (χ0v) is 9.83. The molecule has 2 nitrogen and oxygen atoms in total. The van der Waals surface area contributed by atoms with Crippen molar-refractivity contribution in [3.05, 3.63) is 29.8 Å². The van der Waals surface area contributed by atoms with Crippen LogP contribution in [-0.2, 0) is 6.54 Å². The maximum absolute atomic E-state index is 5.36. The molecule has 0 atom stereocenters. The van der Waals surface area contributed by atoms with E-state index < -0.39 is 0 Å². The van der Waals surface area contributed by atoms with Crippen molar-refractivity contribution in [2.45, 2.75) is 26.3 Å². The number of benzene rings is 1. The second kappa shape index (κ2) is 7.78. The zero-order chi connectivity index (χ0) is 11.6. The van der Waals surface area contributed by atoms with Crippen molar-refractivity contribution >= 4 is 0 Å². The van der Waals surface area contributed by atoms with E-state index in [1.807, 2.05) is 18.2 Å². The summed E-state index contributed by atoms with van der Waals surface area (Å²) in [5.41, 5.74) is 1.23. The number of rotatable bonds is 7. The van der Waals surface area contributed by atoms with Gasteiger partial charge in [0.25, 0.3) is 0 Å². The highest BCUT2D eigenvalue weighted by molar-refractivity contribution is 5.28. The molecule has 0 radical (unpaired) electrons. The van der Waals surface area contributed by atoms with Crippen LogP contribution >= 0.6 is 0 Å². The van der Waals surface area contributed by atoms with Crippen LogP contribution in [0.2, 0.25) is 0 Å². The highest BCUT2D eigenvalue weighted by atomic mass is 16.5. The van der Waals surface area contributed by atoms with Crippen LogP contribution in [0.25, 0.3) is 0 Å². The van der Waals surface area contributed by atoms with Crippen molar-refractivity contribution in [3.8, 4) is 18.1 Å². The highest BCUT2D eigenvalue weighted by Gasteiger charge is 1.96. The lowest BCUT2D eigenvalue weighted by atomic mass is 10.2. The molecule has 0 aromatic heterocycles. The minimum atomic E-state index is 0.326. The van der Waals surface area contributed by atoms with Gasteiger partial charge in [0.2, 0.25) is 0 Å². The van der Waals surface area contributed by atoms with Crippen molar-refractivity contribution in [3.63, 3.8) is 0 Å². The second-order valence-electron chi connectivity index (χ2n) is 3.67. The van der Waals surface area contributed by atoms with Gasteiger partial charge in [0.05, 0.1) is 0 Å². The van der Waals surface area contributed by atoms with E-state index in [0.717, 1.165) is 18.8 Å². The van der Waals surface area contributed by atoms with Crippen LogP contribution < -0.4 is 10.1 Å². The molecule has 0 fully saturated rings. The topological polar surface area (TPSA) is 21.3 Å². The fourth-order valence-corrected chi connectivity index (χ4v) is 1.40. The van der Waals surface area contributed by atoms with Crippen LogP contribution in [0.5, 0.6) is 5.75 Å². The summed E-state index contributed by atoms with van der Waals surface area (Å²) in [6.45, 7) is 4.46. The van der Waals surface area contributed by atoms with E-state index in [1.165, 1.54) is 18.4 Å². The van der Waals surface area contributed by atoms with Crippen molar-refractivity contribution < 1.29 is 4.74 Å². The molecule has 0 aliphatic heterocycles. The van der Waals surface area contributed by atoms with E-state index in [1.54, 1.807) is 0 Å². The summed E-state index contributed by atoms with van der Waals surface area (Å²) >= 11 is 0. The fourth-order valence-electron chi connectivity index (χ4n) is 1.40. The molecule has 0 heterocycles. The number of nitrogens with one attached hydrogen (secondary N) is 1. The first-order valence-electron chi connectivity index (χ1n) is 5.72. The Morgan fingerprint density at radius 2 is 2.31 bits per heavy atom. The predicted molar refractivity (Wildman–Crippen MR) is 67.4 cm³/mol. The number of terminal acetylenes is 1. The van der Waals surface area contributed by atoms with Crippen molar-refractivity contribution in [1.29, 1.82) is 0 Å². The SMILES string of the molecule is C#CCOc1cccc(CNCCCC)c1. The Kier molecular flexibility index (Phi) is 6.13. The Bertz CT molecular complexity index is 341. The third-order valence-corrected chi connectivity index (χ3v) is 2.26. The average molecular weight is 217 g/mol. The first-order valence-corrected chi connectivity index (χ1v) is 5.72. The molecule has 2 heteroatoms. The normalized spacial score (nSPS) is 9.75. The number of hydrogen-bond acceptors (Lipinski definition) is 2. The van der Waals surface area contributed by atoms with E-state index >= 15 is 0 Å². The molecule has 0 saturated carbocycles. The second-order valence-corrected chi connectivity index (χ2v) is 3.67. The lowest BCUT2D eigenvalue weighted by Crippen LogP contribution is -2.14. The zero-order valence-electron chi connectivity index (χ0n) is 9.83. The Balaban J connectivity index is 2.38. The van der Waals surface area contributed by atoms with Crippen LogP contribution in [0.1, 0.15) is 25.3 Å². The van der Waals surface area contributed by atoms with E-state index in [2.05, 4.69) is 24.2 Å². The maximum Gasteiger partial charge on any atom is 0.148 e. The molecule has 0 amide bonds. The molecule has 0 saturated heterocycles. The summed E-state index contributed by atoms with van der Waals surface area (Å²) in [4.78, 5) is 0. The van der Waals surface area contributed by atoms with Crippen molar-refractivity contribution in [2.75, 3.05) is 13.2 Å². The van der Waals surface area contributed by atoms with Gasteiger partial charge in [-0.1, -0.05) is 31.4 Å². The van der Waals surface area contributed by atoms with Crippen molar-refractivity contribution in [2.24, 2.45) is 0 Å². The largest absolute Gasteiger partial charge is 0.481 e. The molecular weight excluding hydrogens is 198 g/mol. The van der Waals surface area contributed by atoms with Gasteiger partial charge >= 0.3 is 0 Å². The smallest absolute Gasteiger partial charge is 0.148 e. The molecule has 0 aliphatic carbocycles. The molecule has 0 spiro atoms. The number of unbranched alkanes of at least 4 members (excludes halogenated alkanes) is 1. The van der Waals surface area contributed by atoms with E-state index in [9.17, 15) is 0 Å². The molecule has 0 bridgehead atoms. The van der Waals surface area contributed by atoms with Gasteiger partial charge in [0.1, 0.15) is 12.4 Å². The molecule has 1 rings (SSSR count). The molecule has 1 aromatic carbocycles. The maximum atomic E-state index is 5.36. The number of hydrogen-bond donors (Lipinski definition) is 1. The third kappa shape index (κ3) is 4.86. The predicted octanol–water partition coefficient (Wildman–Crippen LogP) is 2.59. The van der Waals surface area contributed by atoms with Crippen LogP contribution in [-0.4, -0.2) is 13.2 Å². The quantitative estimate of drug-likeness (QED) is 0.560. The summed E-state index contributed by atoms with van der Waals surface area (Å²) < 4.78 is 5.36. The standard InChI is InChI=1S/C14H19NO/c1-3-5-9-15-12-13-7-6-8-14(11-13)16-10-4-2/h2,6-8,11,15H,3,5,9-10,12H2,1H3. The Labute approximate surface area is 98.0 Å². The summed E-state index contributed by atoms with van der Waals surface area (Å²) in [5.74, 6) is 3.30. The van der Waals surface area contributed by atoms with Gasteiger partial charge in [0.15, 0.2) is 0 Å². The van der Waals surface area contributed by atoms with E-state index in [4.69, 9.17) is 11.2 Å². The molecular formula is C14H19NO. The molecule has 0 unspecified atom stereocenters. The van der Waals surface area contributed by atoms with Gasteiger partial charge in [-0.05, 0) is 30.7 Å². The Morgan fingerprint density at radius 3 is 3.06 bits per heavy atom. The van der Waals surface area contributed by atoms with Gasteiger partial charge in [-0.25, -0.2) is 0 Å². The average Bonchev–Trinajstić information content (AvgIpc) is 2.33. The summed E-state index contributed by atoms with van der Waals surface area (Å²) in [5, 5.41) is 3.39. The lowest BCUT2D eigenvalue weighted by molar-refractivity contribution is 0.370. The summed E-state index contributed by atoms with van der Waals surface area (Å²) in [6.07, 6.45) is 7.58. The third-order valence-electron chi connectivity index (χ3n) is 2.26. The van der Waals surface area contributed by atoms with Crippen molar-refractivity contribution in [1.82, 2.24) is 5.32 Å². The monoisotopic (exact) mass is 217 g/mol. The van der Waals surface area contributed by atoms with Crippen LogP contribution in [0, 0.1) is 12.3 Å². The minimum Gasteiger partial charge on any atom is -0.481 e. The molecule has 86 valence electrons. The van der Waals surface area contributed by atoms with Crippen LogP contribution in [0.15, 0.2) is 24.3 Å². The Hall–Kier alpha value is -1.46. The van der Waals surface area contributed by atoms with Gasteiger partial charge in [0, 0.05) is 6.54 Å². The minimum absolute atomic E-state index is 0.326. The first kappa shape index (κ1) is 12.6. The molecule has 1 aromatic rings. The fraction of sp³-hybridized carbons (Fsp3) is 0.429. The number of ether oxygens (including phenoxy) is 1. The molecule has 1 N–H and O–H groups in total. The molecule has 16 heavy (non-hydrogen) atoms. The van der Waals surface area contributed by atoms with Crippen LogP contribution in [0.3, 0.4) is 0 Å². The van der Waals surface area contributed by atoms with E-state index in [0.29, 0.717) is 6.61 Å². The van der Waals surface area contributed by atoms with Gasteiger partial charge < -0.3 is 10.1 Å². The first-order chi connectivity index (χ1) is 7.86. The van der Waals surface area contributed by atoms with Gasteiger partial charge in [-0.3, -0.25) is 0 Å². The summed E-state index contributed by atoms with van der Waals surface area (Å²) in [6, 6.07) is 8.02. The lowest BCUT2D eigenvalue weighted by Gasteiger charge is -2.06. The van der Waals surface area contributed by atoms with Crippen LogP contribution in [0.4, 0.5) is 0 Å².